The van der Waals surface area contributed by atoms with Crippen molar-refractivity contribution >= 4 is 5.97 Å². The Kier molecular flexibility index (Phi) is 5.44. The number of hydrogen-bond acceptors (Lipinski definition) is 4. The third-order valence-electron chi connectivity index (χ3n) is 5.15. The Balaban J connectivity index is 1.79. The number of likely N-dealkylation sites (tertiary alicyclic amines) is 1. The Morgan fingerprint density at radius 3 is 2.75 bits per heavy atom. The lowest BCUT2D eigenvalue weighted by Gasteiger charge is -2.44. The van der Waals surface area contributed by atoms with Gasteiger partial charge in [-0.05, 0) is 64.5 Å². The van der Waals surface area contributed by atoms with Crippen LogP contribution in [0.3, 0.4) is 0 Å². The van der Waals surface area contributed by atoms with Crippen molar-refractivity contribution in [1.82, 2.24) is 4.90 Å². The predicted molar refractivity (Wildman–Crippen MR) is 80.4 cm³/mol. The molecule has 0 radical (unpaired) electrons. The van der Waals surface area contributed by atoms with Crippen LogP contribution in [0.2, 0.25) is 0 Å². The molecule has 1 aliphatic heterocycles. The number of nitrogens with two attached hydrogens (primary N) is 1. The molecule has 0 bridgehead atoms. The van der Waals surface area contributed by atoms with Crippen LogP contribution in [0.25, 0.3) is 0 Å². The Hall–Kier alpha value is -0.610. The van der Waals surface area contributed by atoms with E-state index in [-0.39, 0.29) is 5.97 Å². The van der Waals surface area contributed by atoms with E-state index in [2.05, 4.69) is 4.90 Å². The minimum Gasteiger partial charge on any atom is -0.468 e. The molecule has 20 heavy (non-hydrogen) atoms. The molecule has 2 fully saturated rings. The number of carbonyl (C=O) groups is 1. The normalized spacial score (nSPS) is 30.4. The van der Waals surface area contributed by atoms with Crippen molar-refractivity contribution in [2.45, 2.75) is 69.9 Å². The zero-order valence-electron chi connectivity index (χ0n) is 13.1. The molecular formula is C16H30N2O2. The van der Waals surface area contributed by atoms with Crippen molar-refractivity contribution in [3.63, 3.8) is 0 Å². The van der Waals surface area contributed by atoms with Crippen LogP contribution in [-0.4, -0.2) is 42.6 Å². The summed E-state index contributed by atoms with van der Waals surface area (Å²) in [6, 6.07) is 0.791. The van der Waals surface area contributed by atoms with Gasteiger partial charge in [0.1, 0.15) is 5.54 Å². The number of rotatable bonds is 5. The lowest BCUT2D eigenvalue weighted by atomic mass is 9.78. The van der Waals surface area contributed by atoms with Crippen LogP contribution in [0, 0.1) is 5.92 Å². The molecule has 0 aromatic carbocycles. The molecule has 0 aromatic rings. The van der Waals surface area contributed by atoms with Gasteiger partial charge in [-0.15, -0.1) is 0 Å². The number of nitrogens with zero attached hydrogens (tertiary/aromatic N) is 1. The smallest absolute Gasteiger partial charge is 0.325 e. The fraction of sp³-hybridized carbons (Fsp3) is 0.938. The van der Waals surface area contributed by atoms with Crippen LogP contribution >= 0.6 is 0 Å². The largest absolute Gasteiger partial charge is 0.468 e. The van der Waals surface area contributed by atoms with Gasteiger partial charge in [-0.25, -0.2) is 0 Å². The van der Waals surface area contributed by atoms with Crippen LogP contribution in [-0.2, 0) is 9.53 Å². The van der Waals surface area contributed by atoms with Gasteiger partial charge in [-0.3, -0.25) is 4.79 Å². The van der Waals surface area contributed by atoms with Crippen molar-refractivity contribution in [2.75, 3.05) is 20.2 Å². The fourth-order valence-electron chi connectivity index (χ4n) is 3.99. The third kappa shape index (κ3) is 3.73. The summed E-state index contributed by atoms with van der Waals surface area (Å²) in [7, 11) is 1.41. The minimum absolute atomic E-state index is 0.299. The Morgan fingerprint density at radius 2 is 2.00 bits per heavy atom. The lowest BCUT2D eigenvalue weighted by molar-refractivity contribution is -0.146. The lowest BCUT2D eigenvalue weighted by Crippen LogP contribution is -2.49. The number of carbonyl (C=O) groups excluding carboxylic acids is 1. The first-order chi connectivity index (χ1) is 9.54. The van der Waals surface area contributed by atoms with Gasteiger partial charge < -0.3 is 15.4 Å². The molecule has 1 aliphatic carbocycles. The predicted octanol–water partition coefficient (Wildman–Crippen LogP) is 2.31. The van der Waals surface area contributed by atoms with E-state index < -0.39 is 5.54 Å². The average molecular weight is 282 g/mol. The fourth-order valence-corrected chi connectivity index (χ4v) is 3.99. The van der Waals surface area contributed by atoms with E-state index in [4.69, 9.17) is 10.5 Å². The zero-order chi connectivity index (χ0) is 14.6. The first kappa shape index (κ1) is 15.8. The Labute approximate surface area is 123 Å². The zero-order valence-corrected chi connectivity index (χ0v) is 13.1. The van der Waals surface area contributed by atoms with Gasteiger partial charge >= 0.3 is 5.97 Å². The second-order valence-electron chi connectivity index (χ2n) is 6.80. The Bertz CT molecular complexity index is 328. The highest BCUT2D eigenvalue weighted by atomic mass is 16.5. The summed E-state index contributed by atoms with van der Waals surface area (Å²) < 4.78 is 4.77. The molecule has 1 saturated heterocycles. The summed E-state index contributed by atoms with van der Waals surface area (Å²) in [6.45, 7) is 4.07. The van der Waals surface area contributed by atoms with Crippen molar-refractivity contribution in [1.29, 1.82) is 0 Å². The number of ether oxygens (including phenoxy) is 1. The summed E-state index contributed by atoms with van der Waals surface area (Å²) in [6.07, 6.45) is 10.0. The molecule has 1 unspecified atom stereocenters. The molecule has 116 valence electrons. The van der Waals surface area contributed by atoms with Gasteiger partial charge in [0, 0.05) is 6.04 Å². The molecule has 1 heterocycles. The highest BCUT2D eigenvalue weighted by Crippen LogP contribution is 2.35. The first-order valence-electron chi connectivity index (χ1n) is 8.16. The molecule has 2 aliphatic rings. The van der Waals surface area contributed by atoms with Crippen LogP contribution in [0.5, 0.6) is 0 Å². The van der Waals surface area contributed by atoms with E-state index in [0.29, 0.717) is 6.42 Å². The summed E-state index contributed by atoms with van der Waals surface area (Å²) in [5.74, 6) is 0.619. The molecule has 2 N–H and O–H groups in total. The Morgan fingerprint density at radius 1 is 1.30 bits per heavy atom. The monoisotopic (exact) mass is 282 g/mol. The second-order valence-corrected chi connectivity index (χ2v) is 6.80. The molecule has 3 atom stereocenters. The van der Waals surface area contributed by atoms with Crippen LogP contribution < -0.4 is 5.73 Å². The van der Waals surface area contributed by atoms with E-state index >= 15 is 0 Å². The summed E-state index contributed by atoms with van der Waals surface area (Å²) in [5.41, 5.74) is 5.19. The van der Waals surface area contributed by atoms with Gasteiger partial charge in [0.25, 0.3) is 0 Å². The second kappa shape index (κ2) is 6.90. The van der Waals surface area contributed by atoms with Crippen molar-refractivity contribution in [2.24, 2.45) is 11.7 Å². The maximum atomic E-state index is 11.6. The van der Waals surface area contributed by atoms with E-state index in [1.54, 1.807) is 6.92 Å². The molecular weight excluding hydrogens is 252 g/mol. The highest BCUT2D eigenvalue weighted by Gasteiger charge is 2.34. The molecule has 0 amide bonds. The first-order valence-corrected chi connectivity index (χ1v) is 8.16. The number of piperidine rings is 1. The van der Waals surface area contributed by atoms with Crippen LogP contribution in [0.15, 0.2) is 0 Å². The minimum atomic E-state index is -0.837. The van der Waals surface area contributed by atoms with Gasteiger partial charge in [-0.2, -0.15) is 0 Å². The van der Waals surface area contributed by atoms with E-state index in [1.165, 1.54) is 52.2 Å². The number of fused-ring (bicyclic) bond motifs is 1. The quantitative estimate of drug-likeness (QED) is 0.786. The molecule has 0 aromatic heterocycles. The van der Waals surface area contributed by atoms with Crippen molar-refractivity contribution in [3.05, 3.63) is 0 Å². The van der Waals surface area contributed by atoms with Gasteiger partial charge in [0.2, 0.25) is 0 Å². The summed E-state index contributed by atoms with van der Waals surface area (Å²) in [5, 5.41) is 0. The molecule has 2 rings (SSSR count). The maximum absolute atomic E-state index is 11.6. The van der Waals surface area contributed by atoms with Crippen molar-refractivity contribution in [3.8, 4) is 0 Å². The van der Waals surface area contributed by atoms with Crippen LogP contribution in [0.1, 0.15) is 58.3 Å². The molecule has 4 nitrogen and oxygen atoms in total. The SMILES string of the molecule is COC(=O)C(C)(N)CCCN1CCC[C@H]2CCCC[C@H]21. The van der Waals surface area contributed by atoms with E-state index in [1.807, 2.05) is 0 Å². The number of esters is 1. The summed E-state index contributed by atoms with van der Waals surface area (Å²) in [4.78, 5) is 14.2. The van der Waals surface area contributed by atoms with Crippen LogP contribution in [0.4, 0.5) is 0 Å². The van der Waals surface area contributed by atoms with E-state index in [0.717, 1.165) is 24.9 Å². The third-order valence-corrected chi connectivity index (χ3v) is 5.15. The highest BCUT2D eigenvalue weighted by molar-refractivity contribution is 5.79. The topological polar surface area (TPSA) is 55.6 Å². The summed E-state index contributed by atoms with van der Waals surface area (Å²) >= 11 is 0. The van der Waals surface area contributed by atoms with Gasteiger partial charge in [0.05, 0.1) is 7.11 Å². The maximum Gasteiger partial charge on any atom is 0.325 e. The average Bonchev–Trinajstić information content (AvgIpc) is 2.46. The van der Waals surface area contributed by atoms with Crippen molar-refractivity contribution < 1.29 is 9.53 Å². The molecule has 1 saturated carbocycles. The molecule has 4 heteroatoms. The number of hydrogen-bond donors (Lipinski definition) is 1. The standard InChI is InChI=1S/C16H30N2O2/c1-16(17,15(19)20-2)10-6-12-18-11-5-8-13-7-3-4-9-14(13)18/h13-14H,3-12,17H2,1-2H3/t13-,14-,16?/m1/s1. The van der Waals surface area contributed by atoms with Gasteiger partial charge in [0.15, 0.2) is 0 Å². The number of methoxy groups -OCH3 is 1. The molecule has 0 spiro atoms. The van der Waals surface area contributed by atoms with E-state index in [9.17, 15) is 4.79 Å². The van der Waals surface area contributed by atoms with Gasteiger partial charge in [-0.1, -0.05) is 12.8 Å².